The van der Waals surface area contributed by atoms with Gasteiger partial charge in [-0.3, -0.25) is 9.36 Å². The first-order valence-corrected chi connectivity index (χ1v) is 11.3. The number of aromatic nitrogens is 4. The van der Waals surface area contributed by atoms with E-state index in [1.165, 1.54) is 17.2 Å². The summed E-state index contributed by atoms with van der Waals surface area (Å²) in [6.07, 6.45) is 3.62. The molecule has 2 aromatic heterocycles. The summed E-state index contributed by atoms with van der Waals surface area (Å²) in [7, 11) is 0. The van der Waals surface area contributed by atoms with Crippen molar-refractivity contribution >= 4 is 56.5 Å². The number of rotatable bonds is 6. The van der Waals surface area contributed by atoms with E-state index >= 15 is 0 Å². The molecule has 2 N–H and O–H groups in total. The third-order valence-corrected chi connectivity index (χ3v) is 5.95. The first kappa shape index (κ1) is 22.4. The zero-order chi connectivity index (χ0) is 22.7. The van der Waals surface area contributed by atoms with Crippen LogP contribution in [0.25, 0.3) is 0 Å². The van der Waals surface area contributed by atoms with Crippen LogP contribution in [0, 0.1) is 12.7 Å². The SMILES string of the molecule is Cc1ccccc1Cn1ccc(NC(=S)Nc2nn(Cc3c(F)cccc3Cl)cc2Br)n1. The molecule has 0 saturated heterocycles. The van der Waals surface area contributed by atoms with Crippen molar-refractivity contribution in [2.24, 2.45) is 0 Å². The number of nitrogens with zero attached hydrogens (tertiary/aromatic N) is 4. The second kappa shape index (κ2) is 9.81. The van der Waals surface area contributed by atoms with Crippen molar-refractivity contribution in [1.82, 2.24) is 19.6 Å². The van der Waals surface area contributed by atoms with Gasteiger partial charge in [-0.05, 0) is 58.3 Å². The minimum absolute atomic E-state index is 0.190. The lowest BCUT2D eigenvalue weighted by atomic mass is 10.1. The second-order valence-electron chi connectivity index (χ2n) is 7.13. The predicted molar refractivity (Wildman–Crippen MR) is 133 cm³/mol. The van der Waals surface area contributed by atoms with Crippen LogP contribution in [0.4, 0.5) is 16.0 Å². The first-order valence-electron chi connectivity index (χ1n) is 9.71. The maximum absolute atomic E-state index is 14.1. The largest absolute Gasteiger partial charge is 0.316 e. The fourth-order valence-corrected chi connectivity index (χ4v) is 3.98. The topological polar surface area (TPSA) is 59.7 Å². The summed E-state index contributed by atoms with van der Waals surface area (Å²) >= 11 is 15.0. The van der Waals surface area contributed by atoms with Crippen LogP contribution < -0.4 is 10.6 Å². The number of halogens is 3. The molecule has 164 valence electrons. The van der Waals surface area contributed by atoms with Gasteiger partial charge in [-0.1, -0.05) is 41.9 Å². The van der Waals surface area contributed by atoms with Crippen LogP contribution in [-0.4, -0.2) is 24.7 Å². The van der Waals surface area contributed by atoms with Crippen molar-refractivity contribution in [2.75, 3.05) is 10.6 Å². The highest BCUT2D eigenvalue weighted by Gasteiger charge is 2.13. The van der Waals surface area contributed by atoms with Gasteiger partial charge in [0, 0.05) is 29.0 Å². The van der Waals surface area contributed by atoms with Gasteiger partial charge in [0.15, 0.2) is 16.7 Å². The van der Waals surface area contributed by atoms with Gasteiger partial charge in [-0.25, -0.2) is 4.39 Å². The number of hydrogen-bond acceptors (Lipinski definition) is 3. The van der Waals surface area contributed by atoms with Crippen molar-refractivity contribution < 1.29 is 4.39 Å². The van der Waals surface area contributed by atoms with E-state index in [0.717, 1.165) is 0 Å². The van der Waals surface area contributed by atoms with Crippen LogP contribution in [0.5, 0.6) is 0 Å². The van der Waals surface area contributed by atoms with Gasteiger partial charge in [0.1, 0.15) is 5.82 Å². The van der Waals surface area contributed by atoms with Gasteiger partial charge in [-0.2, -0.15) is 10.2 Å². The molecule has 2 aromatic carbocycles. The fraction of sp³-hybridized carbons (Fsp3) is 0.136. The molecule has 0 unspecified atom stereocenters. The lowest BCUT2D eigenvalue weighted by Gasteiger charge is -2.08. The Morgan fingerprint density at radius 1 is 1.06 bits per heavy atom. The molecule has 2 heterocycles. The lowest BCUT2D eigenvalue weighted by molar-refractivity contribution is 0.586. The normalized spacial score (nSPS) is 10.9. The average molecular weight is 534 g/mol. The molecular weight excluding hydrogens is 515 g/mol. The fourth-order valence-electron chi connectivity index (χ4n) is 3.14. The summed E-state index contributed by atoms with van der Waals surface area (Å²) in [6.45, 7) is 2.94. The van der Waals surface area contributed by atoms with Crippen molar-refractivity contribution in [3.05, 3.63) is 92.9 Å². The molecule has 0 bridgehead atoms. The molecule has 4 rings (SSSR count). The highest BCUT2D eigenvalue weighted by molar-refractivity contribution is 9.10. The standard InChI is InChI=1S/C22H19BrClFN6S/c1-14-5-2-3-6-15(14)11-30-10-9-20(28-30)26-22(32)27-21-17(23)13-31(29-21)12-16-18(24)7-4-8-19(16)25/h2-10,13H,11-12H2,1H3,(H2,26,27,28,29,32). The first-order chi connectivity index (χ1) is 15.4. The molecule has 10 heteroatoms. The molecule has 0 aliphatic heterocycles. The molecule has 0 amide bonds. The van der Waals surface area contributed by atoms with Crippen LogP contribution >= 0.6 is 39.7 Å². The van der Waals surface area contributed by atoms with Gasteiger partial charge in [0.2, 0.25) is 0 Å². The molecule has 0 saturated carbocycles. The van der Waals surface area contributed by atoms with Crippen molar-refractivity contribution in [3.63, 3.8) is 0 Å². The Morgan fingerprint density at radius 3 is 2.66 bits per heavy atom. The van der Waals surface area contributed by atoms with E-state index in [-0.39, 0.29) is 12.4 Å². The van der Waals surface area contributed by atoms with Crippen molar-refractivity contribution in [2.45, 2.75) is 20.0 Å². The molecule has 4 aromatic rings. The van der Waals surface area contributed by atoms with E-state index < -0.39 is 0 Å². The van der Waals surface area contributed by atoms with E-state index in [9.17, 15) is 4.39 Å². The summed E-state index contributed by atoms with van der Waals surface area (Å²) in [4.78, 5) is 0. The maximum atomic E-state index is 14.1. The Kier molecular flexibility index (Phi) is 6.88. The minimum Gasteiger partial charge on any atom is -0.316 e. The Morgan fingerprint density at radius 2 is 1.88 bits per heavy atom. The van der Waals surface area contributed by atoms with Crippen LogP contribution in [0.15, 0.2) is 65.4 Å². The quantitative estimate of drug-likeness (QED) is 0.305. The van der Waals surface area contributed by atoms with Crippen LogP contribution in [0.1, 0.15) is 16.7 Å². The Hall–Kier alpha value is -2.75. The molecule has 0 spiro atoms. The Bertz CT molecular complexity index is 1250. The summed E-state index contributed by atoms with van der Waals surface area (Å²) in [5.41, 5.74) is 2.79. The molecule has 32 heavy (non-hydrogen) atoms. The number of anilines is 2. The number of benzene rings is 2. The summed E-state index contributed by atoms with van der Waals surface area (Å²) < 4.78 is 18.2. The molecule has 0 aliphatic carbocycles. The van der Waals surface area contributed by atoms with Gasteiger partial charge in [0.05, 0.1) is 17.6 Å². The summed E-state index contributed by atoms with van der Waals surface area (Å²) in [6, 6.07) is 14.6. The highest BCUT2D eigenvalue weighted by atomic mass is 79.9. The van der Waals surface area contributed by atoms with Crippen molar-refractivity contribution in [1.29, 1.82) is 0 Å². The smallest absolute Gasteiger partial charge is 0.177 e. The Labute approximate surface area is 203 Å². The lowest BCUT2D eigenvalue weighted by Crippen LogP contribution is -2.20. The zero-order valence-electron chi connectivity index (χ0n) is 17.0. The molecule has 0 radical (unpaired) electrons. The minimum atomic E-state index is -0.378. The zero-order valence-corrected chi connectivity index (χ0v) is 20.2. The third-order valence-electron chi connectivity index (χ3n) is 4.81. The highest BCUT2D eigenvalue weighted by Crippen LogP contribution is 2.24. The molecular formula is C22H19BrClFN6S. The van der Waals surface area contributed by atoms with Gasteiger partial charge in [0.25, 0.3) is 0 Å². The van der Waals surface area contributed by atoms with E-state index in [0.29, 0.717) is 38.4 Å². The third kappa shape index (κ3) is 5.35. The summed E-state index contributed by atoms with van der Waals surface area (Å²) in [5, 5.41) is 15.7. The van der Waals surface area contributed by atoms with E-state index in [1.54, 1.807) is 23.0 Å². The van der Waals surface area contributed by atoms with Crippen molar-refractivity contribution in [3.8, 4) is 0 Å². The van der Waals surface area contributed by atoms with Gasteiger partial charge < -0.3 is 10.6 Å². The van der Waals surface area contributed by atoms with E-state index in [2.05, 4.69) is 55.8 Å². The molecule has 6 nitrogen and oxygen atoms in total. The predicted octanol–water partition coefficient (Wildman–Crippen LogP) is 5.85. The number of hydrogen-bond donors (Lipinski definition) is 2. The Balaban J connectivity index is 1.39. The van der Waals surface area contributed by atoms with Gasteiger partial charge in [-0.15, -0.1) is 0 Å². The molecule has 0 atom stereocenters. The molecule has 0 aliphatic rings. The second-order valence-corrected chi connectivity index (χ2v) is 8.80. The van der Waals surface area contributed by atoms with Crippen LogP contribution in [0.2, 0.25) is 5.02 Å². The number of aryl methyl sites for hydroxylation is 1. The average Bonchev–Trinajstić information content (AvgIpc) is 3.32. The summed E-state index contributed by atoms with van der Waals surface area (Å²) in [5.74, 6) is 0.733. The van der Waals surface area contributed by atoms with Gasteiger partial charge >= 0.3 is 0 Å². The number of thiocarbonyl (C=S) groups is 1. The molecule has 0 fully saturated rings. The van der Waals surface area contributed by atoms with Crippen LogP contribution in [-0.2, 0) is 13.1 Å². The maximum Gasteiger partial charge on any atom is 0.177 e. The van der Waals surface area contributed by atoms with Crippen LogP contribution in [0.3, 0.4) is 0 Å². The van der Waals surface area contributed by atoms with E-state index in [4.69, 9.17) is 23.8 Å². The monoisotopic (exact) mass is 532 g/mol. The number of nitrogens with one attached hydrogen (secondary N) is 2. The van der Waals surface area contributed by atoms with E-state index in [1.807, 2.05) is 29.1 Å².